The van der Waals surface area contributed by atoms with Crippen LogP contribution >= 0.6 is 0 Å². The molecule has 19 heteroatoms. The van der Waals surface area contributed by atoms with Crippen molar-refractivity contribution in [1.82, 2.24) is 4.98 Å². The summed E-state index contributed by atoms with van der Waals surface area (Å²) in [5.41, 5.74) is -2.62. The van der Waals surface area contributed by atoms with Gasteiger partial charge in [-0.25, -0.2) is 4.39 Å². The quantitative estimate of drug-likeness (QED) is 0.154. The van der Waals surface area contributed by atoms with Gasteiger partial charge in [-0.05, 0) is 49.7 Å². The number of amides is 1. The van der Waals surface area contributed by atoms with Gasteiger partial charge in [-0.2, -0.15) is 17.6 Å². The number of halogens is 8. The fourth-order valence-corrected chi connectivity index (χ4v) is 3.18. The average Bonchev–Trinajstić information content (AvgIpc) is 2.88. The van der Waals surface area contributed by atoms with Crippen molar-refractivity contribution in [1.29, 1.82) is 0 Å². The summed E-state index contributed by atoms with van der Waals surface area (Å²) in [7, 11) is 1.31. The fraction of sp³-hybridized carbons (Fsp3) is 0.240. The molecule has 2 aromatic carbocycles. The van der Waals surface area contributed by atoms with Crippen molar-refractivity contribution in [3.8, 4) is 23.0 Å². The van der Waals surface area contributed by atoms with E-state index in [9.17, 15) is 35.5 Å². The van der Waals surface area contributed by atoms with Crippen LogP contribution in [-0.2, 0) is 15.7 Å². The number of carbonyl (C=O) groups is 2. The molecule has 0 spiro atoms. The molecule has 3 rings (SSSR count). The Hall–Kier alpha value is -4.75. The summed E-state index contributed by atoms with van der Waals surface area (Å²) in [5, 5.41) is 29.4. The number of hydrogen-bond donors (Lipinski definition) is 4. The summed E-state index contributed by atoms with van der Waals surface area (Å²) in [5.74, 6) is -11.3. The van der Waals surface area contributed by atoms with Crippen molar-refractivity contribution in [2.45, 2.75) is 32.5 Å². The van der Waals surface area contributed by atoms with E-state index < -0.39 is 70.4 Å². The lowest BCUT2D eigenvalue weighted by atomic mass is 10.1. The second-order valence-electron chi connectivity index (χ2n) is 8.26. The molecule has 0 aliphatic heterocycles. The minimum Gasteiger partial charge on any atom is -0.471 e. The number of nitrogens with zero attached hydrogens (tertiary/aromatic N) is 1. The highest BCUT2D eigenvalue weighted by Crippen LogP contribution is 2.43. The Morgan fingerprint density at radius 3 is 2.00 bits per heavy atom. The van der Waals surface area contributed by atoms with Gasteiger partial charge in [0.15, 0.2) is 17.3 Å². The number of pyridine rings is 1. The summed E-state index contributed by atoms with van der Waals surface area (Å²) >= 11 is 0. The third-order valence-electron chi connectivity index (χ3n) is 4.93. The number of ether oxygens (including phenoxy) is 4. The zero-order valence-corrected chi connectivity index (χ0v) is 22.3. The summed E-state index contributed by atoms with van der Waals surface area (Å²) in [6.45, 7) is 3.35. The molecule has 3 aromatic rings. The number of benzene rings is 2. The van der Waals surface area contributed by atoms with Crippen molar-refractivity contribution in [2.24, 2.45) is 0 Å². The number of aromatic nitrogens is 1. The molecule has 44 heavy (non-hydrogen) atoms. The van der Waals surface area contributed by atoms with Crippen LogP contribution in [0.25, 0.3) is 0 Å². The normalized spacial score (nSPS) is 11.6. The Labute approximate surface area is 241 Å². The molecule has 0 bridgehead atoms. The van der Waals surface area contributed by atoms with E-state index in [2.05, 4.69) is 24.5 Å². The Bertz CT molecular complexity index is 1510. The van der Waals surface area contributed by atoms with Crippen molar-refractivity contribution in [3.63, 3.8) is 0 Å². The van der Waals surface area contributed by atoms with Gasteiger partial charge in [0.05, 0.1) is 12.7 Å². The first-order valence-corrected chi connectivity index (χ1v) is 11.4. The number of aliphatic hydroxyl groups is 3. The number of anilines is 1. The minimum absolute atomic E-state index is 0.00889. The number of carbonyl (C=O) groups excluding carboxylic acids is 2. The molecule has 0 radical (unpaired) electrons. The predicted octanol–water partition coefficient (Wildman–Crippen LogP) is 4.69. The number of rotatable bonds is 8. The Morgan fingerprint density at radius 2 is 1.48 bits per heavy atom. The van der Waals surface area contributed by atoms with Gasteiger partial charge in [0, 0.05) is 17.6 Å². The Morgan fingerprint density at radius 1 is 0.909 bits per heavy atom. The lowest BCUT2D eigenvalue weighted by molar-refractivity contribution is -0.420. The minimum atomic E-state index is -5.46. The molecular weight excluding hydrogens is 624 g/mol. The predicted molar refractivity (Wildman–Crippen MR) is 129 cm³/mol. The maximum atomic E-state index is 15.1. The third-order valence-corrected chi connectivity index (χ3v) is 4.93. The highest BCUT2D eigenvalue weighted by atomic mass is 19.4. The van der Waals surface area contributed by atoms with Gasteiger partial charge >= 0.3 is 18.7 Å². The van der Waals surface area contributed by atoms with Gasteiger partial charge in [-0.15, -0.1) is 13.2 Å². The van der Waals surface area contributed by atoms with Gasteiger partial charge in [0.1, 0.15) is 11.3 Å². The molecule has 1 heterocycles. The van der Waals surface area contributed by atoms with E-state index in [1.54, 1.807) is 0 Å². The van der Waals surface area contributed by atoms with Crippen LogP contribution in [0.1, 0.15) is 27.2 Å². The molecule has 0 unspecified atom stereocenters. The molecule has 0 aliphatic carbocycles. The van der Waals surface area contributed by atoms with E-state index in [0.717, 1.165) is 0 Å². The zero-order chi connectivity index (χ0) is 33.6. The first kappa shape index (κ1) is 35.4. The smallest absolute Gasteiger partial charge is 0.471 e. The Kier molecular flexibility index (Phi) is 11.0. The monoisotopic (exact) mass is 644 g/mol. The largest absolute Gasteiger partial charge is 0.573 e. The average molecular weight is 644 g/mol. The first-order chi connectivity index (χ1) is 20.2. The van der Waals surface area contributed by atoms with Crippen LogP contribution in [0, 0.1) is 25.5 Å². The topological polar surface area (TPSA) is 157 Å². The molecule has 11 nitrogen and oxygen atoms in total. The second kappa shape index (κ2) is 13.7. The fourth-order valence-electron chi connectivity index (χ4n) is 3.18. The number of methoxy groups -OCH3 is 1. The third kappa shape index (κ3) is 9.64. The maximum absolute atomic E-state index is 15.1. The molecule has 0 fully saturated rings. The van der Waals surface area contributed by atoms with Crippen molar-refractivity contribution >= 4 is 18.1 Å². The van der Waals surface area contributed by atoms with Gasteiger partial charge < -0.3 is 39.6 Å². The summed E-state index contributed by atoms with van der Waals surface area (Å²) < 4.78 is 124. The van der Waals surface area contributed by atoms with E-state index in [1.807, 2.05) is 0 Å². The van der Waals surface area contributed by atoms with Crippen molar-refractivity contribution in [2.75, 3.05) is 12.4 Å². The molecule has 1 aromatic heterocycles. The summed E-state index contributed by atoms with van der Waals surface area (Å²) in [6, 6.07) is 2.59. The zero-order valence-electron chi connectivity index (χ0n) is 22.3. The maximum Gasteiger partial charge on any atom is 0.573 e. The lowest BCUT2D eigenvalue weighted by Gasteiger charge is -2.21. The van der Waals surface area contributed by atoms with Gasteiger partial charge in [0.25, 0.3) is 12.4 Å². The molecule has 240 valence electrons. The van der Waals surface area contributed by atoms with Crippen LogP contribution < -0.4 is 19.5 Å². The SMILES string of the molecule is COC=O.Cc1cc(NC(=O)c2c(Oc3ccc(OC(F)(F)F)c(F)c3OC(O)(O)O)ccc(C(F)(F)F)c2F)c(C)cn1. The van der Waals surface area contributed by atoms with E-state index in [1.165, 1.54) is 33.2 Å². The van der Waals surface area contributed by atoms with Crippen LogP contribution in [0.5, 0.6) is 23.0 Å². The van der Waals surface area contributed by atoms with Gasteiger partial charge in [-0.1, -0.05) is 0 Å². The van der Waals surface area contributed by atoms with Gasteiger partial charge in [0.2, 0.25) is 11.6 Å². The highest BCUT2D eigenvalue weighted by molar-refractivity contribution is 6.07. The molecule has 0 aliphatic rings. The summed E-state index contributed by atoms with van der Waals surface area (Å²) in [6.07, 6.45) is -13.7. The van der Waals surface area contributed by atoms with Gasteiger partial charge in [-0.3, -0.25) is 14.6 Å². The molecule has 4 N–H and O–H groups in total. The van der Waals surface area contributed by atoms with Crippen molar-refractivity contribution in [3.05, 3.63) is 70.5 Å². The molecule has 0 saturated heterocycles. The number of nitrogens with one attached hydrogen (secondary N) is 1. The summed E-state index contributed by atoms with van der Waals surface area (Å²) in [4.78, 5) is 25.9. The van der Waals surface area contributed by atoms with E-state index in [0.29, 0.717) is 29.9 Å². The van der Waals surface area contributed by atoms with Crippen LogP contribution in [0.4, 0.5) is 40.8 Å². The standard InChI is InChI=1S/C23H16F8N2O7.C2H4O2/c1-9-8-32-10(2)7-12(9)33-20(34)16-13(4-3-11(17(16)24)21(26,27)28)38-15-6-5-14(39-22(29,30)31)18(25)19(15)40-23(35,36)37;1-4-2-3/h3-8,35-37H,1-2H3,(H,32,33,34);2H,1H3. The molecular formula is C25H20F8N2O9. The van der Waals surface area contributed by atoms with Crippen LogP contribution in [-0.4, -0.2) is 52.3 Å². The van der Waals surface area contributed by atoms with Crippen LogP contribution in [0.2, 0.25) is 0 Å². The first-order valence-electron chi connectivity index (χ1n) is 11.4. The lowest BCUT2D eigenvalue weighted by Crippen LogP contribution is -2.35. The van der Waals surface area contributed by atoms with Crippen LogP contribution in [0.15, 0.2) is 36.5 Å². The number of hydrogen-bond acceptors (Lipinski definition) is 10. The highest BCUT2D eigenvalue weighted by Gasteiger charge is 2.39. The van der Waals surface area contributed by atoms with E-state index in [-0.39, 0.29) is 17.8 Å². The second-order valence-corrected chi connectivity index (χ2v) is 8.26. The van der Waals surface area contributed by atoms with E-state index >= 15 is 4.39 Å². The van der Waals surface area contributed by atoms with Crippen LogP contribution in [0.3, 0.4) is 0 Å². The molecule has 0 saturated carbocycles. The number of alkyl halides is 6. The molecule has 1 amide bonds. The van der Waals surface area contributed by atoms with Crippen molar-refractivity contribution < 1.29 is 79.0 Å². The molecule has 0 atom stereocenters. The number of aryl methyl sites for hydroxylation is 2. The Balaban J connectivity index is 0.00000159. The van der Waals surface area contributed by atoms with E-state index in [4.69, 9.17) is 24.9 Å².